The van der Waals surface area contributed by atoms with E-state index >= 15 is 0 Å². The minimum absolute atomic E-state index is 0.0408. The third-order valence-electron chi connectivity index (χ3n) is 4.55. The largest absolute Gasteiger partial charge is 0.497 e. The Labute approximate surface area is 179 Å². The Bertz CT molecular complexity index is 957. The number of nitro groups is 1. The second kappa shape index (κ2) is 10.4. The van der Waals surface area contributed by atoms with Crippen molar-refractivity contribution >= 4 is 34.3 Å². The van der Waals surface area contributed by atoms with Crippen LogP contribution in [0.2, 0.25) is 0 Å². The lowest BCUT2D eigenvalue weighted by Gasteiger charge is -2.23. The number of nitrogens with zero attached hydrogens (tertiary/aromatic N) is 2. The van der Waals surface area contributed by atoms with Crippen molar-refractivity contribution in [2.75, 3.05) is 23.9 Å². The fourth-order valence-electron chi connectivity index (χ4n) is 2.95. The van der Waals surface area contributed by atoms with Gasteiger partial charge in [-0.1, -0.05) is 6.07 Å². The SMILES string of the molecule is COc1ccc(N(Cc2cccs2)C(=O)CCCNc2ccc([N+](=O)[O-])cc2)cc1. The molecule has 0 aliphatic carbocycles. The summed E-state index contributed by atoms with van der Waals surface area (Å²) in [6.45, 7) is 1.12. The molecule has 0 unspecified atom stereocenters. The molecule has 0 spiro atoms. The molecule has 0 atom stereocenters. The van der Waals surface area contributed by atoms with Gasteiger partial charge in [0.2, 0.25) is 5.91 Å². The molecule has 0 bridgehead atoms. The van der Waals surface area contributed by atoms with E-state index in [2.05, 4.69) is 5.32 Å². The van der Waals surface area contributed by atoms with Crippen molar-refractivity contribution in [2.24, 2.45) is 0 Å². The molecule has 1 aromatic heterocycles. The summed E-state index contributed by atoms with van der Waals surface area (Å²) in [6.07, 6.45) is 1.03. The van der Waals surface area contributed by atoms with Gasteiger partial charge in [0.15, 0.2) is 0 Å². The Morgan fingerprint density at radius 3 is 2.47 bits per heavy atom. The van der Waals surface area contributed by atoms with Crippen LogP contribution in [-0.4, -0.2) is 24.5 Å². The van der Waals surface area contributed by atoms with Crippen LogP contribution in [-0.2, 0) is 11.3 Å². The van der Waals surface area contributed by atoms with Gasteiger partial charge in [0.25, 0.3) is 5.69 Å². The monoisotopic (exact) mass is 425 g/mol. The van der Waals surface area contributed by atoms with Crippen molar-refractivity contribution in [3.05, 3.63) is 81.0 Å². The summed E-state index contributed by atoms with van der Waals surface area (Å²) in [4.78, 5) is 26.1. The lowest BCUT2D eigenvalue weighted by atomic mass is 10.2. The predicted molar refractivity (Wildman–Crippen MR) is 119 cm³/mol. The molecule has 1 heterocycles. The number of ether oxygens (including phenoxy) is 1. The molecule has 3 aromatic rings. The van der Waals surface area contributed by atoms with Gasteiger partial charge in [-0.15, -0.1) is 11.3 Å². The first-order chi connectivity index (χ1) is 14.6. The highest BCUT2D eigenvalue weighted by Gasteiger charge is 2.16. The van der Waals surface area contributed by atoms with Crippen molar-refractivity contribution in [3.63, 3.8) is 0 Å². The van der Waals surface area contributed by atoms with E-state index in [1.807, 2.05) is 41.8 Å². The van der Waals surface area contributed by atoms with Gasteiger partial charge in [0.05, 0.1) is 18.6 Å². The van der Waals surface area contributed by atoms with Gasteiger partial charge in [0.1, 0.15) is 5.75 Å². The molecule has 0 fully saturated rings. The molecule has 0 radical (unpaired) electrons. The van der Waals surface area contributed by atoms with Gasteiger partial charge < -0.3 is 15.0 Å². The van der Waals surface area contributed by atoms with E-state index < -0.39 is 4.92 Å². The molecule has 2 aromatic carbocycles. The Balaban J connectivity index is 1.57. The summed E-state index contributed by atoms with van der Waals surface area (Å²) >= 11 is 1.62. The number of nitro benzene ring substituents is 1. The summed E-state index contributed by atoms with van der Waals surface area (Å²) in [7, 11) is 1.61. The Kier molecular flexibility index (Phi) is 7.40. The van der Waals surface area contributed by atoms with Crippen LogP contribution in [0.3, 0.4) is 0 Å². The molecule has 1 N–H and O–H groups in total. The molecule has 1 amide bonds. The third kappa shape index (κ3) is 5.81. The van der Waals surface area contributed by atoms with Gasteiger partial charge in [0, 0.05) is 41.4 Å². The number of carbonyl (C=O) groups excluding carboxylic acids is 1. The number of rotatable bonds is 10. The maximum Gasteiger partial charge on any atom is 0.269 e. The second-order valence-corrected chi connectivity index (χ2v) is 7.62. The standard InChI is InChI=1S/C22H23N3O4S/c1-29-20-12-10-18(11-13-20)24(16-21-4-3-15-30-21)22(26)5-2-14-23-17-6-8-19(9-7-17)25(27)28/h3-4,6-13,15,23H,2,5,14,16H2,1H3. The first-order valence-corrected chi connectivity index (χ1v) is 10.4. The average molecular weight is 426 g/mol. The van der Waals surface area contributed by atoms with Crippen LogP contribution in [0.4, 0.5) is 17.1 Å². The molecule has 3 rings (SSSR count). The highest BCUT2D eigenvalue weighted by atomic mass is 32.1. The van der Waals surface area contributed by atoms with Crippen LogP contribution in [0.5, 0.6) is 5.75 Å². The van der Waals surface area contributed by atoms with Crippen molar-refractivity contribution < 1.29 is 14.5 Å². The Morgan fingerprint density at radius 2 is 1.87 bits per heavy atom. The van der Waals surface area contributed by atoms with Crippen molar-refractivity contribution in [1.29, 1.82) is 0 Å². The molecule has 0 saturated carbocycles. The maximum absolute atomic E-state index is 13.0. The third-order valence-corrected chi connectivity index (χ3v) is 5.42. The smallest absolute Gasteiger partial charge is 0.269 e. The molecule has 156 valence electrons. The summed E-state index contributed by atoms with van der Waals surface area (Å²) in [5.41, 5.74) is 1.68. The van der Waals surface area contributed by atoms with Gasteiger partial charge in [-0.2, -0.15) is 0 Å². The van der Waals surface area contributed by atoms with Gasteiger partial charge >= 0.3 is 0 Å². The quantitative estimate of drug-likeness (QED) is 0.278. The lowest BCUT2D eigenvalue weighted by Crippen LogP contribution is -2.30. The molecule has 30 heavy (non-hydrogen) atoms. The zero-order chi connectivity index (χ0) is 21.3. The van der Waals surface area contributed by atoms with Gasteiger partial charge in [-0.3, -0.25) is 14.9 Å². The number of benzene rings is 2. The van der Waals surface area contributed by atoms with E-state index in [4.69, 9.17) is 4.74 Å². The molecule has 0 saturated heterocycles. The average Bonchev–Trinajstić information content (AvgIpc) is 3.29. The van der Waals surface area contributed by atoms with E-state index in [1.54, 1.807) is 35.5 Å². The van der Waals surface area contributed by atoms with E-state index in [0.717, 1.165) is 22.0 Å². The zero-order valence-corrected chi connectivity index (χ0v) is 17.4. The second-order valence-electron chi connectivity index (χ2n) is 6.59. The normalized spacial score (nSPS) is 10.4. The van der Waals surface area contributed by atoms with E-state index in [1.165, 1.54) is 12.1 Å². The highest BCUT2D eigenvalue weighted by Crippen LogP contribution is 2.24. The highest BCUT2D eigenvalue weighted by molar-refractivity contribution is 7.09. The van der Waals surface area contributed by atoms with Crippen LogP contribution in [0.25, 0.3) is 0 Å². The van der Waals surface area contributed by atoms with Crippen molar-refractivity contribution in [3.8, 4) is 5.75 Å². The fraction of sp³-hybridized carbons (Fsp3) is 0.227. The molecule has 8 heteroatoms. The summed E-state index contributed by atoms with van der Waals surface area (Å²) in [5.74, 6) is 0.786. The predicted octanol–water partition coefficient (Wildman–Crippen LogP) is 5.09. The lowest BCUT2D eigenvalue weighted by molar-refractivity contribution is -0.384. The first kappa shape index (κ1) is 21.3. The zero-order valence-electron chi connectivity index (χ0n) is 16.6. The van der Waals surface area contributed by atoms with Crippen LogP contribution in [0.15, 0.2) is 66.0 Å². The van der Waals surface area contributed by atoms with Crippen LogP contribution >= 0.6 is 11.3 Å². The fourth-order valence-corrected chi connectivity index (χ4v) is 3.64. The van der Waals surface area contributed by atoms with E-state index in [0.29, 0.717) is 25.9 Å². The number of hydrogen-bond acceptors (Lipinski definition) is 6. The maximum atomic E-state index is 13.0. The van der Waals surface area contributed by atoms with Gasteiger partial charge in [-0.25, -0.2) is 0 Å². The molecular weight excluding hydrogens is 402 g/mol. The van der Waals surface area contributed by atoms with Crippen LogP contribution in [0, 0.1) is 10.1 Å². The molecular formula is C22H23N3O4S. The number of anilines is 2. The first-order valence-electron chi connectivity index (χ1n) is 9.52. The van der Waals surface area contributed by atoms with Gasteiger partial charge in [-0.05, 0) is 54.3 Å². The van der Waals surface area contributed by atoms with Crippen LogP contribution < -0.4 is 15.0 Å². The minimum atomic E-state index is -0.427. The molecule has 0 aliphatic rings. The topological polar surface area (TPSA) is 84.7 Å². The number of carbonyl (C=O) groups is 1. The summed E-state index contributed by atoms with van der Waals surface area (Å²) in [5, 5.41) is 15.9. The van der Waals surface area contributed by atoms with Crippen LogP contribution in [0.1, 0.15) is 17.7 Å². The number of methoxy groups -OCH3 is 1. The van der Waals surface area contributed by atoms with E-state index in [-0.39, 0.29) is 11.6 Å². The van der Waals surface area contributed by atoms with Crippen molar-refractivity contribution in [2.45, 2.75) is 19.4 Å². The number of hydrogen-bond donors (Lipinski definition) is 1. The Hall–Kier alpha value is -3.39. The molecule has 0 aliphatic heterocycles. The number of thiophene rings is 1. The summed E-state index contributed by atoms with van der Waals surface area (Å²) < 4.78 is 5.21. The number of amides is 1. The minimum Gasteiger partial charge on any atom is -0.497 e. The Morgan fingerprint density at radius 1 is 1.13 bits per heavy atom. The van der Waals surface area contributed by atoms with Crippen molar-refractivity contribution in [1.82, 2.24) is 0 Å². The summed E-state index contributed by atoms with van der Waals surface area (Å²) in [6, 6.07) is 17.7. The van der Waals surface area contributed by atoms with E-state index in [9.17, 15) is 14.9 Å². The number of nitrogens with one attached hydrogen (secondary N) is 1. The molecule has 7 nitrogen and oxygen atoms in total. The number of non-ortho nitro benzene ring substituents is 1.